The molecule has 2 amide bonds. The van der Waals surface area contributed by atoms with E-state index in [0.717, 1.165) is 16.7 Å². The number of halogens is 1. The first-order valence-electron chi connectivity index (χ1n) is 11.0. The molecule has 1 heterocycles. The highest BCUT2D eigenvalue weighted by atomic mass is 35.5. The van der Waals surface area contributed by atoms with Crippen molar-refractivity contribution in [1.82, 2.24) is 9.21 Å². The van der Waals surface area contributed by atoms with Gasteiger partial charge in [-0.05, 0) is 48.7 Å². The van der Waals surface area contributed by atoms with Crippen LogP contribution in [-0.4, -0.2) is 49.1 Å². The Labute approximate surface area is 200 Å². The Hall–Kier alpha value is -2.42. The maximum absolute atomic E-state index is 13.0. The number of carbonyl (C=O) groups excluding carboxylic acids is 2. The molecule has 1 aliphatic heterocycles. The molecule has 178 valence electrons. The smallest absolute Gasteiger partial charge is 0.243 e. The molecule has 1 unspecified atom stereocenters. The molecule has 3 rings (SSSR count). The first kappa shape index (κ1) is 25.2. The Morgan fingerprint density at radius 1 is 1.18 bits per heavy atom. The van der Waals surface area contributed by atoms with Crippen LogP contribution in [0.1, 0.15) is 37.0 Å². The maximum Gasteiger partial charge on any atom is 0.243 e. The molecule has 0 bridgehead atoms. The summed E-state index contributed by atoms with van der Waals surface area (Å²) in [4.78, 5) is 27.3. The fourth-order valence-electron chi connectivity index (χ4n) is 3.99. The Balaban J connectivity index is 1.78. The molecular weight excluding hydrogens is 462 g/mol. The van der Waals surface area contributed by atoms with Crippen LogP contribution in [0.2, 0.25) is 5.02 Å². The van der Waals surface area contributed by atoms with Crippen LogP contribution in [0.4, 0.5) is 5.69 Å². The lowest BCUT2D eigenvalue weighted by atomic mass is 10.1. The lowest BCUT2D eigenvalue weighted by Gasteiger charge is -2.21. The Morgan fingerprint density at radius 3 is 2.48 bits per heavy atom. The number of sulfonamides is 1. The number of amides is 2. The van der Waals surface area contributed by atoms with E-state index in [1.807, 2.05) is 32.0 Å². The molecule has 1 atom stereocenters. The molecule has 9 heteroatoms. The Morgan fingerprint density at radius 2 is 1.85 bits per heavy atom. The zero-order valence-electron chi connectivity index (χ0n) is 19.4. The fraction of sp³-hybridized carbons (Fsp3) is 0.417. The molecular formula is C24H30ClN3O4S. The second-order valence-electron chi connectivity index (χ2n) is 8.26. The van der Waals surface area contributed by atoms with Crippen LogP contribution in [0.3, 0.4) is 0 Å². The van der Waals surface area contributed by atoms with Crippen molar-refractivity contribution in [2.75, 3.05) is 25.0 Å². The van der Waals surface area contributed by atoms with Crippen LogP contribution in [0.5, 0.6) is 0 Å². The summed E-state index contributed by atoms with van der Waals surface area (Å²) in [5, 5.41) is 3.45. The number of anilines is 1. The van der Waals surface area contributed by atoms with E-state index in [-0.39, 0.29) is 29.7 Å². The summed E-state index contributed by atoms with van der Waals surface area (Å²) >= 11 is 6.21. The normalized spacial score (nSPS) is 16.5. The van der Waals surface area contributed by atoms with Crippen molar-refractivity contribution in [1.29, 1.82) is 0 Å². The van der Waals surface area contributed by atoms with E-state index in [4.69, 9.17) is 11.6 Å². The number of hydrogen-bond acceptors (Lipinski definition) is 4. The van der Waals surface area contributed by atoms with E-state index in [9.17, 15) is 18.0 Å². The Bertz CT molecular complexity index is 1160. The maximum atomic E-state index is 13.0. The molecule has 0 spiro atoms. The van der Waals surface area contributed by atoms with Crippen molar-refractivity contribution in [3.63, 3.8) is 0 Å². The van der Waals surface area contributed by atoms with Gasteiger partial charge in [0.05, 0.1) is 10.8 Å². The van der Waals surface area contributed by atoms with E-state index >= 15 is 0 Å². The molecule has 0 radical (unpaired) electrons. The first-order chi connectivity index (χ1) is 15.6. The molecule has 2 aromatic rings. The van der Waals surface area contributed by atoms with Gasteiger partial charge in [-0.2, -0.15) is 4.31 Å². The predicted octanol–water partition coefficient (Wildman–Crippen LogP) is 3.97. The number of likely N-dealkylation sites (tertiary alicyclic amines) is 1. The molecule has 33 heavy (non-hydrogen) atoms. The fourth-order valence-corrected chi connectivity index (χ4v) is 5.75. The standard InChI is InChI=1S/C24H30ClN3O4S/c1-5-28(6-2)33(31,32)20-11-16(3)17(4)22(13-20)26-24(30)19-12-23(29)27(15-19)14-18-9-7-8-10-21(18)25/h7-11,13,19H,5-6,12,14-15H2,1-4H3,(H,26,30). The topological polar surface area (TPSA) is 86.8 Å². The summed E-state index contributed by atoms with van der Waals surface area (Å²) in [5.74, 6) is -0.937. The van der Waals surface area contributed by atoms with E-state index in [2.05, 4.69) is 5.32 Å². The van der Waals surface area contributed by atoms with E-state index in [1.165, 1.54) is 10.4 Å². The number of benzene rings is 2. The van der Waals surface area contributed by atoms with E-state index in [1.54, 1.807) is 30.9 Å². The number of nitrogens with one attached hydrogen (secondary N) is 1. The quantitative estimate of drug-likeness (QED) is 0.605. The first-order valence-corrected chi connectivity index (χ1v) is 12.8. The molecule has 2 aromatic carbocycles. The highest BCUT2D eigenvalue weighted by molar-refractivity contribution is 7.89. The van der Waals surface area contributed by atoms with Crippen LogP contribution < -0.4 is 5.32 Å². The molecule has 0 aliphatic carbocycles. The summed E-state index contributed by atoms with van der Waals surface area (Å²) in [6.07, 6.45) is 0.103. The SMILES string of the molecule is CCN(CC)S(=O)(=O)c1cc(C)c(C)c(NC(=O)C2CC(=O)N(Cc3ccccc3Cl)C2)c1. The Kier molecular flexibility index (Phi) is 7.82. The predicted molar refractivity (Wildman–Crippen MR) is 130 cm³/mol. The van der Waals surface area contributed by atoms with Gasteiger partial charge in [0.25, 0.3) is 0 Å². The second-order valence-corrected chi connectivity index (χ2v) is 10.6. The third-order valence-electron chi connectivity index (χ3n) is 6.15. The van der Waals surface area contributed by atoms with Crippen molar-refractivity contribution in [3.05, 3.63) is 58.1 Å². The zero-order valence-corrected chi connectivity index (χ0v) is 21.0. The highest BCUT2D eigenvalue weighted by Crippen LogP contribution is 2.29. The van der Waals surface area contributed by atoms with Crippen molar-refractivity contribution in [2.24, 2.45) is 5.92 Å². The van der Waals surface area contributed by atoms with E-state index in [0.29, 0.717) is 30.3 Å². The molecule has 1 fully saturated rings. The van der Waals surface area contributed by atoms with Crippen LogP contribution in [0.25, 0.3) is 0 Å². The summed E-state index contributed by atoms with van der Waals surface area (Å²) < 4.78 is 27.4. The van der Waals surface area contributed by atoms with Gasteiger partial charge in [-0.1, -0.05) is 43.6 Å². The molecule has 1 N–H and O–H groups in total. The number of nitrogens with zero attached hydrogens (tertiary/aromatic N) is 2. The third kappa shape index (κ3) is 5.39. The van der Waals surface area contributed by atoms with Gasteiger partial charge in [-0.15, -0.1) is 0 Å². The van der Waals surface area contributed by atoms with Gasteiger partial charge in [-0.3, -0.25) is 9.59 Å². The van der Waals surface area contributed by atoms with Gasteiger partial charge in [0, 0.05) is 43.3 Å². The minimum atomic E-state index is -3.67. The van der Waals surface area contributed by atoms with Crippen LogP contribution in [-0.2, 0) is 26.2 Å². The van der Waals surface area contributed by atoms with Crippen molar-refractivity contribution >= 4 is 39.1 Å². The van der Waals surface area contributed by atoms with Gasteiger partial charge >= 0.3 is 0 Å². The van der Waals surface area contributed by atoms with Gasteiger partial charge < -0.3 is 10.2 Å². The number of hydrogen-bond donors (Lipinski definition) is 1. The molecule has 1 saturated heterocycles. The molecule has 7 nitrogen and oxygen atoms in total. The average Bonchev–Trinajstić information content (AvgIpc) is 3.14. The molecule has 0 saturated carbocycles. The zero-order chi connectivity index (χ0) is 24.3. The van der Waals surface area contributed by atoms with Crippen molar-refractivity contribution in [2.45, 2.75) is 45.6 Å². The number of carbonyl (C=O) groups is 2. The largest absolute Gasteiger partial charge is 0.337 e. The minimum absolute atomic E-state index is 0.103. The van der Waals surface area contributed by atoms with Crippen molar-refractivity contribution in [3.8, 4) is 0 Å². The number of aryl methyl sites for hydroxylation is 1. The van der Waals surface area contributed by atoms with Gasteiger partial charge in [0.15, 0.2) is 0 Å². The highest BCUT2D eigenvalue weighted by Gasteiger charge is 2.35. The van der Waals surface area contributed by atoms with E-state index < -0.39 is 15.9 Å². The van der Waals surface area contributed by atoms with Gasteiger partial charge in [0.2, 0.25) is 21.8 Å². The summed E-state index contributed by atoms with van der Waals surface area (Å²) in [7, 11) is -3.67. The minimum Gasteiger partial charge on any atom is -0.337 e. The summed E-state index contributed by atoms with van der Waals surface area (Å²) in [5.41, 5.74) is 2.83. The molecule has 0 aromatic heterocycles. The van der Waals surface area contributed by atoms with Crippen LogP contribution >= 0.6 is 11.6 Å². The third-order valence-corrected chi connectivity index (χ3v) is 8.54. The average molecular weight is 492 g/mol. The second kappa shape index (κ2) is 10.2. The van der Waals surface area contributed by atoms with Gasteiger partial charge in [0.1, 0.15) is 0 Å². The number of rotatable bonds is 8. The van der Waals surface area contributed by atoms with Crippen molar-refractivity contribution < 1.29 is 18.0 Å². The molecule has 1 aliphatic rings. The van der Waals surface area contributed by atoms with Crippen LogP contribution in [0.15, 0.2) is 41.3 Å². The van der Waals surface area contributed by atoms with Crippen LogP contribution in [0, 0.1) is 19.8 Å². The summed E-state index contributed by atoms with van der Waals surface area (Å²) in [6, 6.07) is 10.4. The van der Waals surface area contributed by atoms with Gasteiger partial charge in [-0.25, -0.2) is 8.42 Å². The summed E-state index contributed by atoms with van der Waals surface area (Å²) in [6.45, 7) is 8.58. The monoisotopic (exact) mass is 491 g/mol. The lowest BCUT2D eigenvalue weighted by Crippen LogP contribution is -2.31. The lowest BCUT2D eigenvalue weighted by molar-refractivity contribution is -0.128.